The Hall–Kier alpha value is -3.54. The number of carbonyl (C=O) groups is 2. The van der Waals surface area contributed by atoms with Crippen molar-refractivity contribution < 1.29 is 23.8 Å². The minimum Gasteiger partial charge on any atom is -0.481 e. The number of rotatable bonds is 7. The second-order valence-corrected chi connectivity index (χ2v) is 7.48. The molecule has 0 bridgehead atoms. The SMILES string of the molecule is C[C@@H](NC(=O)OCC1c2ccccc2-c2ccccc21)[C@@H](CC(=O)O)c1ccco1. The van der Waals surface area contributed by atoms with Crippen molar-refractivity contribution in [2.45, 2.75) is 31.2 Å². The highest BCUT2D eigenvalue weighted by molar-refractivity contribution is 5.79. The lowest BCUT2D eigenvalue weighted by atomic mass is 9.95. The smallest absolute Gasteiger partial charge is 0.407 e. The number of amides is 1. The minimum atomic E-state index is -0.961. The van der Waals surface area contributed by atoms with E-state index in [1.165, 1.54) is 6.26 Å². The lowest BCUT2D eigenvalue weighted by Crippen LogP contribution is -2.38. The molecule has 1 aromatic heterocycles. The fourth-order valence-corrected chi connectivity index (χ4v) is 4.14. The first-order valence-corrected chi connectivity index (χ1v) is 9.91. The summed E-state index contributed by atoms with van der Waals surface area (Å²) in [6.45, 7) is 1.95. The molecule has 0 saturated heterocycles. The summed E-state index contributed by atoms with van der Waals surface area (Å²) in [6, 6.07) is 19.2. The number of hydrogen-bond acceptors (Lipinski definition) is 4. The molecule has 3 aromatic rings. The Labute approximate surface area is 174 Å². The van der Waals surface area contributed by atoms with Gasteiger partial charge >= 0.3 is 12.1 Å². The van der Waals surface area contributed by atoms with Gasteiger partial charge in [0.15, 0.2) is 0 Å². The molecule has 154 valence electrons. The summed E-state index contributed by atoms with van der Waals surface area (Å²) in [4.78, 5) is 23.7. The van der Waals surface area contributed by atoms with Crippen molar-refractivity contribution in [3.63, 3.8) is 0 Å². The molecule has 0 aliphatic heterocycles. The molecule has 1 aliphatic rings. The van der Waals surface area contributed by atoms with Crippen molar-refractivity contribution in [3.05, 3.63) is 83.8 Å². The molecule has 0 spiro atoms. The van der Waals surface area contributed by atoms with Gasteiger partial charge in [0, 0.05) is 17.9 Å². The van der Waals surface area contributed by atoms with Crippen molar-refractivity contribution in [2.75, 3.05) is 6.61 Å². The van der Waals surface area contributed by atoms with Crippen LogP contribution in [0, 0.1) is 0 Å². The summed E-state index contributed by atoms with van der Waals surface area (Å²) in [5.41, 5.74) is 4.60. The second-order valence-electron chi connectivity index (χ2n) is 7.48. The number of alkyl carbamates (subject to hydrolysis) is 1. The Bertz CT molecular complexity index is 998. The van der Waals surface area contributed by atoms with Crippen LogP contribution in [0.1, 0.15) is 42.1 Å². The molecule has 0 radical (unpaired) electrons. The molecule has 0 fully saturated rings. The van der Waals surface area contributed by atoms with Gasteiger partial charge in [0.1, 0.15) is 12.4 Å². The van der Waals surface area contributed by atoms with Crippen LogP contribution in [0.3, 0.4) is 0 Å². The zero-order chi connectivity index (χ0) is 21.1. The number of benzene rings is 2. The van der Waals surface area contributed by atoms with Crippen LogP contribution < -0.4 is 5.32 Å². The van der Waals surface area contributed by atoms with Gasteiger partial charge in [-0.1, -0.05) is 48.5 Å². The Balaban J connectivity index is 1.43. The zero-order valence-electron chi connectivity index (χ0n) is 16.6. The van der Waals surface area contributed by atoms with Crippen molar-refractivity contribution in [3.8, 4) is 11.1 Å². The third-order valence-corrected chi connectivity index (χ3v) is 5.60. The maximum atomic E-state index is 12.5. The van der Waals surface area contributed by atoms with E-state index in [9.17, 15) is 14.7 Å². The predicted octanol–water partition coefficient (Wildman–Crippen LogP) is 4.77. The number of carboxylic acids is 1. The highest BCUT2D eigenvalue weighted by atomic mass is 16.5. The summed E-state index contributed by atoms with van der Waals surface area (Å²) in [6.07, 6.45) is 0.758. The van der Waals surface area contributed by atoms with Gasteiger partial charge in [-0.2, -0.15) is 0 Å². The molecule has 6 nitrogen and oxygen atoms in total. The van der Waals surface area contributed by atoms with Gasteiger partial charge in [0.2, 0.25) is 0 Å². The van der Waals surface area contributed by atoms with Gasteiger partial charge in [-0.15, -0.1) is 0 Å². The average molecular weight is 405 g/mol. The van der Waals surface area contributed by atoms with Crippen molar-refractivity contribution in [1.29, 1.82) is 0 Å². The summed E-state index contributed by atoms with van der Waals surface area (Å²) in [7, 11) is 0. The fourth-order valence-electron chi connectivity index (χ4n) is 4.14. The van der Waals surface area contributed by atoms with Crippen molar-refractivity contribution in [1.82, 2.24) is 5.32 Å². The summed E-state index contributed by atoms with van der Waals surface area (Å²) in [5, 5.41) is 12.0. The Morgan fingerprint density at radius 1 is 1.03 bits per heavy atom. The molecular formula is C24H23NO5. The molecule has 2 atom stereocenters. The standard InChI is InChI=1S/C24H23NO5/c1-15(20(13-23(26)27)22-11-6-12-29-22)25-24(28)30-14-21-18-9-4-2-7-16(18)17-8-3-5-10-19(17)21/h2-12,15,20-21H,13-14H2,1H3,(H,25,28)(H,26,27)/t15-,20-/m1/s1. The molecule has 0 saturated carbocycles. The Kier molecular flexibility index (Phi) is 5.57. The number of fused-ring (bicyclic) bond motifs is 3. The van der Waals surface area contributed by atoms with Crippen molar-refractivity contribution in [2.24, 2.45) is 0 Å². The number of aliphatic carboxylic acids is 1. The Morgan fingerprint density at radius 3 is 2.23 bits per heavy atom. The highest BCUT2D eigenvalue weighted by Gasteiger charge is 2.30. The predicted molar refractivity (Wildman–Crippen MR) is 111 cm³/mol. The van der Waals surface area contributed by atoms with E-state index in [2.05, 4.69) is 29.6 Å². The molecule has 1 heterocycles. The van der Waals surface area contributed by atoms with Crippen molar-refractivity contribution >= 4 is 12.1 Å². The fraction of sp³-hybridized carbons (Fsp3) is 0.250. The van der Waals surface area contributed by atoms with E-state index < -0.39 is 24.0 Å². The van der Waals surface area contributed by atoms with Gasteiger partial charge in [0.05, 0.1) is 12.7 Å². The molecule has 2 aromatic carbocycles. The van der Waals surface area contributed by atoms with Crippen LogP contribution in [0.2, 0.25) is 0 Å². The maximum absolute atomic E-state index is 12.5. The van der Waals surface area contributed by atoms with E-state index in [1.54, 1.807) is 19.1 Å². The lowest BCUT2D eigenvalue weighted by molar-refractivity contribution is -0.137. The molecular weight excluding hydrogens is 382 g/mol. The summed E-state index contributed by atoms with van der Waals surface area (Å²) in [5.74, 6) is -0.960. The topological polar surface area (TPSA) is 88.8 Å². The molecule has 6 heteroatoms. The first-order valence-electron chi connectivity index (χ1n) is 9.91. The van der Waals surface area contributed by atoms with E-state index in [0.717, 1.165) is 22.3 Å². The molecule has 1 aliphatic carbocycles. The molecule has 2 N–H and O–H groups in total. The van der Waals surface area contributed by atoms with Gasteiger partial charge in [-0.05, 0) is 41.3 Å². The third-order valence-electron chi connectivity index (χ3n) is 5.60. The molecule has 1 amide bonds. The Morgan fingerprint density at radius 2 is 1.67 bits per heavy atom. The minimum absolute atomic E-state index is 0.0293. The van der Waals surface area contributed by atoms with Crippen LogP contribution in [0.4, 0.5) is 4.79 Å². The van der Waals surface area contributed by atoms with Crippen LogP contribution in [0.25, 0.3) is 11.1 Å². The van der Waals surface area contributed by atoms with Gasteiger partial charge in [-0.25, -0.2) is 4.79 Å². The number of ether oxygens (including phenoxy) is 1. The van der Waals surface area contributed by atoms with Crippen LogP contribution in [-0.4, -0.2) is 29.8 Å². The monoisotopic (exact) mass is 405 g/mol. The van der Waals surface area contributed by atoms with E-state index in [-0.39, 0.29) is 18.9 Å². The van der Waals surface area contributed by atoms with Gasteiger partial charge in [-0.3, -0.25) is 4.79 Å². The van der Waals surface area contributed by atoms with E-state index in [4.69, 9.17) is 9.15 Å². The second kappa shape index (κ2) is 8.45. The summed E-state index contributed by atoms with van der Waals surface area (Å²) < 4.78 is 10.9. The number of hydrogen-bond donors (Lipinski definition) is 2. The van der Waals surface area contributed by atoms with Crippen LogP contribution in [-0.2, 0) is 9.53 Å². The van der Waals surface area contributed by atoms with E-state index >= 15 is 0 Å². The van der Waals surface area contributed by atoms with E-state index in [0.29, 0.717) is 5.76 Å². The van der Waals surface area contributed by atoms with E-state index in [1.807, 2.05) is 24.3 Å². The third kappa shape index (κ3) is 3.94. The molecule has 30 heavy (non-hydrogen) atoms. The maximum Gasteiger partial charge on any atom is 0.407 e. The van der Waals surface area contributed by atoms with Gasteiger partial charge in [0.25, 0.3) is 0 Å². The average Bonchev–Trinajstić information content (AvgIpc) is 3.37. The highest BCUT2D eigenvalue weighted by Crippen LogP contribution is 2.44. The number of nitrogens with one attached hydrogen (secondary N) is 1. The quantitative estimate of drug-likeness (QED) is 0.591. The first kappa shape index (κ1) is 19.8. The van der Waals surface area contributed by atoms with Crippen LogP contribution in [0.5, 0.6) is 0 Å². The summed E-state index contributed by atoms with van der Waals surface area (Å²) >= 11 is 0. The largest absolute Gasteiger partial charge is 0.481 e. The lowest BCUT2D eigenvalue weighted by Gasteiger charge is -2.22. The normalized spacial score (nSPS) is 14.4. The molecule has 0 unspecified atom stereocenters. The van der Waals surface area contributed by atoms with Crippen LogP contribution in [0.15, 0.2) is 71.3 Å². The number of carbonyl (C=O) groups excluding carboxylic acids is 1. The first-order chi connectivity index (χ1) is 14.5. The number of furan rings is 1. The number of carboxylic acid groups (broad SMARTS) is 1. The molecule has 4 rings (SSSR count). The zero-order valence-corrected chi connectivity index (χ0v) is 16.6. The van der Waals surface area contributed by atoms with Crippen LogP contribution >= 0.6 is 0 Å². The van der Waals surface area contributed by atoms with Gasteiger partial charge < -0.3 is 19.6 Å².